The second-order valence-corrected chi connectivity index (χ2v) is 9.68. The number of aliphatic imine (C=N–C) groups is 1. The molecule has 0 aromatic heterocycles. The Hall–Kier alpha value is -1.85. The average Bonchev–Trinajstić information content (AvgIpc) is 2.73. The molecule has 1 aliphatic rings. The molecule has 1 saturated heterocycles. The molecule has 2 N–H and O–H groups in total. The summed E-state index contributed by atoms with van der Waals surface area (Å²) in [6.07, 6.45) is 0. The van der Waals surface area contributed by atoms with E-state index in [1.165, 1.54) is 0 Å². The number of sulfone groups is 1. The van der Waals surface area contributed by atoms with Crippen LogP contribution in [0.4, 0.5) is 0 Å². The summed E-state index contributed by atoms with van der Waals surface area (Å²) < 4.78 is 29.1. The van der Waals surface area contributed by atoms with Crippen LogP contribution in [0, 0.1) is 6.92 Å². The molecule has 0 bridgehead atoms. The van der Waals surface area contributed by atoms with E-state index in [1.54, 1.807) is 7.05 Å². The van der Waals surface area contributed by atoms with Gasteiger partial charge in [-0.1, -0.05) is 30.3 Å². The van der Waals surface area contributed by atoms with Crippen LogP contribution in [-0.4, -0.2) is 64.0 Å². The van der Waals surface area contributed by atoms with Crippen molar-refractivity contribution in [1.82, 2.24) is 15.5 Å². The first-order valence-corrected chi connectivity index (χ1v) is 12.0. The van der Waals surface area contributed by atoms with Gasteiger partial charge in [-0.3, -0.25) is 9.89 Å². The molecule has 0 spiro atoms. The molecule has 0 radical (unpaired) electrons. The van der Waals surface area contributed by atoms with Gasteiger partial charge in [-0.25, -0.2) is 8.42 Å². The number of ether oxygens (including phenoxy) is 1. The van der Waals surface area contributed by atoms with E-state index in [0.717, 1.165) is 29.2 Å². The first-order valence-electron chi connectivity index (χ1n) is 10.1. The Kier molecular flexibility index (Phi) is 10.0. The average molecular weight is 558 g/mol. The molecule has 2 aromatic rings. The van der Waals surface area contributed by atoms with Crippen molar-refractivity contribution in [3.8, 4) is 11.5 Å². The van der Waals surface area contributed by atoms with Crippen molar-refractivity contribution in [2.45, 2.75) is 13.5 Å². The number of hydrogen-bond donors (Lipinski definition) is 2. The van der Waals surface area contributed by atoms with Crippen LogP contribution in [0.25, 0.3) is 0 Å². The number of nitrogens with zero attached hydrogens (tertiary/aromatic N) is 2. The zero-order chi connectivity index (χ0) is 21.4. The van der Waals surface area contributed by atoms with Crippen molar-refractivity contribution in [3.63, 3.8) is 0 Å². The van der Waals surface area contributed by atoms with Crippen LogP contribution in [0.15, 0.2) is 53.5 Å². The third kappa shape index (κ3) is 8.30. The predicted molar refractivity (Wildman–Crippen MR) is 136 cm³/mol. The zero-order valence-corrected chi connectivity index (χ0v) is 21.2. The van der Waals surface area contributed by atoms with Crippen LogP contribution >= 0.6 is 24.0 Å². The summed E-state index contributed by atoms with van der Waals surface area (Å²) in [4.78, 5) is 6.44. The Labute approximate surface area is 202 Å². The lowest BCUT2D eigenvalue weighted by Crippen LogP contribution is -2.45. The van der Waals surface area contributed by atoms with E-state index in [4.69, 9.17) is 4.74 Å². The summed E-state index contributed by atoms with van der Waals surface area (Å²) in [6.45, 7) is 5.29. The molecule has 0 aliphatic carbocycles. The predicted octanol–water partition coefficient (Wildman–Crippen LogP) is 2.80. The fourth-order valence-electron chi connectivity index (χ4n) is 3.22. The van der Waals surface area contributed by atoms with Gasteiger partial charge < -0.3 is 15.4 Å². The lowest BCUT2D eigenvalue weighted by molar-refractivity contribution is 0.299. The first kappa shape index (κ1) is 25.4. The normalized spacial score (nSPS) is 16.3. The Morgan fingerprint density at radius 2 is 1.81 bits per heavy atom. The molecule has 7 nitrogen and oxygen atoms in total. The smallest absolute Gasteiger partial charge is 0.191 e. The van der Waals surface area contributed by atoms with Crippen molar-refractivity contribution in [2.24, 2.45) is 4.99 Å². The quantitative estimate of drug-likeness (QED) is 0.309. The monoisotopic (exact) mass is 558 g/mol. The number of nitrogens with one attached hydrogen (secondary N) is 2. The van der Waals surface area contributed by atoms with Gasteiger partial charge in [-0.15, -0.1) is 24.0 Å². The standard InChI is InChI=1S/C22H30N4O3S.HI/c1-18-8-9-19(21(16-18)29-20-6-4-3-5-7-20)17-25-22(23-2)24-10-11-26-12-14-30(27,28)15-13-26;/h3-9,16H,10-15,17H2,1-2H3,(H2,23,24,25);1H. The summed E-state index contributed by atoms with van der Waals surface area (Å²) in [6, 6.07) is 15.9. The summed E-state index contributed by atoms with van der Waals surface area (Å²) >= 11 is 0. The minimum absolute atomic E-state index is 0. The number of aryl methyl sites for hydroxylation is 1. The minimum Gasteiger partial charge on any atom is -0.457 e. The van der Waals surface area contributed by atoms with Gasteiger partial charge in [0.05, 0.1) is 11.5 Å². The van der Waals surface area contributed by atoms with E-state index in [9.17, 15) is 8.42 Å². The Morgan fingerprint density at radius 3 is 2.48 bits per heavy atom. The van der Waals surface area contributed by atoms with Gasteiger partial charge >= 0.3 is 0 Å². The number of para-hydroxylation sites is 1. The number of halogens is 1. The second kappa shape index (κ2) is 12.3. The number of rotatable bonds is 7. The van der Waals surface area contributed by atoms with Gasteiger partial charge in [-0.2, -0.15) is 0 Å². The fraction of sp³-hybridized carbons (Fsp3) is 0.409. The van der Waals surface area contributed by atoms with Crippen molar-refractivity contribution in [2.75, 3.05) is 44.7 Å². The maximum absolute atomic E-state index is 11.5. The highest BCUT2D eigenvalue weighted by Gasteiger charge is 2.20. The van der Waals surface area contributed by atoms with E-state index in [2.05, 4.69) is 32.7 Å². The summed E-state index contributed by atoms with van der Waals surface area (Å²) in [5, 5.41) is 6.62. The van der Waals surface area contributed by atoms with Gasteiger partial charge in [0.1, 0.15) is 11.5 Å². The molecule has 170 valence electrons. The van der Waals surface area contributed by atoms with Crippen LogP contribution in [0.5, 0.6) is 11.5 Å². The lowest BCUT2D eigenvalue weighted by Gasteiger charge is -2.26. The largest absolute Gasteiger partial charge is 0.457 e. The van der Waals surface area contributed by atoms with Gasteiger partial charge in [0.15, 0.2) is 15.8 Å². The first-order chi connectivity index (χ1) is 14.4. The van der Waals surface area contributed by atoms with Gasteiger partial charge in [-0.05, 0) is 30.7 Å². The molecule has 0 atom stereocenters. The van der Waals surface area contributed by atoms with E-state index in [1.807, 2.05) is 43.3 Å². The molecular formula is C22H31IN4O3S. The third-order valence-corrected chi connectivity index (χ3v) is 6.63. The Bertz CT molecular complexity index is 954. The Balaban J connectivity index is 0.00000341. The zero-order valence-electron chi connectivity index (χ0n) is 18.0. The SMILES string of the molecule is CN=C(NCCN1CCS(=O)(=O)CC1)NCc1ccc(C)cc1Oc1ccccc1.I. The molecule has 1 aliphatic heterocycles. The van der Waals surface area contributed by atoms with Crippen molar-refractivity contribution in [1.29, 1.82) is 0 Å². The molecule has 1 heterocycles. The van der Waals surface area contributed by atoms with E-state index in [-0.39, 0.29) is 35.5 Å². The van der Waals surface area contributed by atoms with Gasteiger partial charge in [0, 0.05) is 45.3 Å². The van der Waals surface area contributed by atoms with E-state index < -0.39 is 9.84 Å². The van der Waals surface area contributed by atoms with Crippen LogP contribution in [0.2, 0.25) is 0 Å². The van der Waals surface area contributed by atoms with E-state index >= 15 is 0 Å². The molecule has 0 unspecified atom stereocenters. The summed E-state index contributed by atoms with van der Waals surface area (Å²) in [5.74, 6) is 2.81. The van der Waals surface area contributed by atoms with Crippen LogP contribution in [0.3, 0.4) is 0 Å². The molecule has 0 amide bonds. The van der Waals surface area contributed by atoms with Gasteiger partial charge in [0.25, 0.3) is 0 Å². The van der Waals surface area contributed by atoms with E-state index in [0.29, 0.717) is 32.1 Å². The maximum atomic E-state index is 11.5. The van der Waals surface area contributed by atoms with Crippen molar-refractivity contribution in [3.05, 3.63) is 59.7 Å². The summed E-state index contributed by atoms with van der Waals surface area (Å²) in [7, 11) is -1.11. The number of benzene rings is 2. The lowest BCUT2D eigenvalue weighted by atomic mass is 10.1. The Morgan fingerprint density at radius 1 is 1.10 bits per heavy atom. The molecule has 31 heavy (non-hydrogen) atoms. The molecule has 1 fully saturated rings. The summed E-state index contributed by atoms with van der Waals surface area (Å²) in [5.41, 5.74) is 2.17. The highest BCUT2D eigenvalue weighted by molar-refractivity contribution is 14.0. The van der Waals surface area contributed by atoms with Gasteiger partial charge in [0.2, 0.25) is 0 Å². The minimum atomic E-state index is -2.84. The fourth-order valence-corrected chi connectivity index (χ4v) is 4.50. The van der Waals surface area contributed by atoms with Crippen LogP contribution in [-0.2, 0) is 16.4 Å². The van der Waals surface area contributed by atoms with Crippen LogP contribution < -0.4 is 15.4 Å². The number of guanidine groups is 1. The molecule has 9 heteroatoms. The maximum Gasteiger partial charge on any atom is 0.191 e. The van der Waals surface area contributed by atoms with Crippen molar-refractivity contribution >= 4 is 39.8 Å². The second-order valence-electron chi connectivity index (χ2n) is 7.37. The van der Waals surface area contributed by atoms with Crippen molar-refractivity contribution < 1.29 is 13.2 Å². The highest BCUT2D eigenvalue weighted by atomic mass is 127. The molecule has 2 aromatic carbocycles. The number of hydrogen-bond acceptors (Lipinski definition) is 5. The van der Waals surface area contributed by atoms with Crippen LogP contribution in [0.1, 0.15) is 11.1 Å². The topological polar surface area (TPSA) is 83.0 Å². The highest BCUT2D eigenvalue weighted by Crippen LogP contribution is 2.26. The molecular weight excluding hydrogens is 527 g/mol. The molecule has 0 saturated carbocycles. The third-order valence-electron chi connectivity index (χ3n) is 5.02. The molecule has 3 rings (SSSR count).